The summed E-state index contributed by atoms with van der Waals surface area (Å²) in [5.41, 5.74) is 2.90. The van der Waals surface area contributed by atoms with Gasteiger partial charge in [-0.3, -0.25) is 10.0 Å². The van der Waals surface area contributed by atoms with Crippen molar-refractivity contribution in [2.45, 2.75) is 19.3 Å². The van der Waals surface area contributed by atoms with E-state index < -0.39 is 27.6 Å². The molecule has 0 aliphatic carbocycles. The maximum absolute atomic E-state index is 13.1. The van der Waals surface area contributed by atoms with Crippen molar-refractivity contribution in [3.8, 4) is 11.8 Å². The Balaban J connectivity index is 1.30. The fraction of sp³-hybridized carbons (Fsp3) is 0.360. The Kier molecular flexibility index (Phi) is 9.26. The zero-order valence-electron chi connectivity index (χ0n) is 20.6. The lowest BCUT2D eigenvalue weighted by Crippen LogP contribution is -2.51. The number of aromatic nitrogens is 5. The molecule has 0 bridgehead atoms. The molecular formula is C25H28N8O4S. The zero-order valence-corrected chi connectivity index (χ0v) is 21.5. The largest absolute Gasteiger partial charge is 0.338 e. The number of nitrogens with one attached hydrogen (secondary N) is 1. The van der Waals surface area contributed by atoms with E-state index in [0.717, 1.165) is 0 Å². The van der Waals surface area contributed by atoms with Crippen LogP contribution in [0.25, 0.3) is 0 Å². The molecule has 4 heterocycles. The molecule has 0 spiro atoms. The molecule has 1 aliphatic rings. The third-order valence-electron chi connectivity index (χ3n) is 6.02. The van der Waals surface area contributed by atoms with E-state index in [1.807, 2.05) is 23.1 Å². The maximum atomic E-state index is 13.1. The average molecular weight is 537 g/mol. The molecule has 1 fully saturated rings. The molecule has 38 heavy (non-hydrogen) atoms. The number of nitrogens with zero attached hydrogens (tertiary/aromatic N) is 7. The van der Waals surface area contributed by atoms with Gasteiger partial charge in [0.05, 0.1) is 17.2 Å². The lowest BCUT2D eigenvalue weighted by Gasteiger charge is -2.34. The van der Waals surface area contributed by atoms with E-state index in [9.17, 15) is 13.2 Å². The van der Waals surface area contributed by atoms with Crippen molar-refractivity contribution in [2.75, 3.05) is 36.8 Å². The second kappa shape index (κ2) is 13.0. The Bertz CT molecular complexity index is 1360. The summed E-state index contributed by atoms with van der Waals surface area (Å²) < 4.78 is 27.6. The van der Waals surface area contributed by atoms with E-state index in [-0.39, 0.29) is 19.5 Å². The molecule has 3 aromatic rings. The number of sulfonamides is 1. The van der Waals surface area contributed by atoms with E-state index in [2.05, 4.69) is 36.8 Å². The van der Waals surface area contributed by atoms with Crippen molar-refractivity contribution in [3.05, 3.63) is 72.3 Å². The first kappa shape index (κ1) is 27.1. The molecule has 1 saturated heterocycles. The van der Waals surface area contributed by atoms with Crippen molar-refractivity contribution < 1.29 is 18.4 Å². The number of carbonyl (C=O) groups excluding carboxylic acids is 1. The predicted molar refractivity (Wildman–Crippen MR) is 138 cm³/mol. The highest BCUT2D eigenvalue weighted by atomic mass is 32.2. The first-order valence-corrected chi connectivity index (χ1v) is 13.7. The van der Waals surface area contributed by atoms with Gasteiger partial charge >= 0.3 is 0 Å². The van der Waals surface area contributed by atoms with Gasteiger partial charge in [-0.25, -0.2) is 38.8 Å². The number of amides is 1. The van der Waals surface area contributed by atoms with Crippen molar-refractivity contribution in [2.24, 2.45) is 5.92 Å². The summed E-state index contributed by atoms with van der Waals surface area (Å²) in [7, 11) is -3.74. The number of piperazine rings is 1. The second-order valence-electron chi connectivity index (χ2n) is 8.63. The smallest absolute Gasteiger partial charge is 0.247 e. The molecule has 2 N–H and O–H groups in total. The highest BCUT2D eigenvalue weighted by molar-refractivity contribution is 7.89. The van der Waals surface area contributed by atoms with Crippen LogP contribution in [-0.4, -0.2) is 80.7 Å². The minimum atomic E-state index is -3.74. The lowest BCUT2D eigenvalue weighted by molar-refractivity contribution is -0.132. The molecule has 198 valence electrons. The molecule has 0 saturated carbocycles. The van der Waals surface area contributed by atoms with Gasteiger partial charge in [0.15, 0.2) is 0 Å². The molecule has 1 aliphatic heterocycles. The molecule has 13 heteroatoms. The van der Waals surface area contributed by atoms with Crippen LogP contribution in [0.3, 0.4) is 0 Å². The van der Waals surface area contributed by atoms with Gasteiger partial charge in [0.1, 0.15) is 11.5 Å². The summed E-state index contributed by atoms with van der Waals surface area (Å²) in [6.07, 6.45) is 9.45. The number of anilines is 1. The molecule has 0 aromatic carbocycles. The Hall–Kier alpha value is -3.99. The quantitative estimate of drug-likeness (QED) is 0.226. The van der Waals surface area contributed by atoms with Gasteiger partial charge < -0.3 is 4.90 Å². The van der Waals surface area contributed by atoms with Crippen LogP contribution >= 0.6 is 0 Å². The zero-order chi connectivity index (χ0) is 26.8. The summed E-state index contributed by atoms with van der Waals surface area (Å²) >= 11 is 0. The van der Waals surface area contributed by atoms with Crippen LogP contribution in [0.4, 0.5) is 5.95 Å². The molecule has 4 rings (SSSR count). The normalized spacial score (nSPS) is 14.8. The van der Waals surface area contributed by atoms with E-state index in [1.54, 1.807) is 42.5 Å². The summed E-state index contributed by atoms with van der Waals surface area (Å²) in [6.45, 7) is 1.28. The van der Waals surface area contributed by atoms with Gasteiger partial charge in [-0.05, 0) is 37.0 Å². The van der Waals surface area contributed by atoms with Crippen molar-refractivity contribution >= 4 is 21.9 Å². The fourth-order valence-electron chi connectivity index (χ4n) is 3.99. The Labute approximate surface area is 221 Å². The van der Waals surface area contributed by atoms with Gasteiger partial charge in [0, 0.05) is 63.6 Å². The number of carbonyl (C=O) groups is 1. The summed E-state index contributed by atoms with van der Waals surface area (Å²) in [5, 5.41) is 9.14. The van der Waals surface area contributed by atoms with Crippen LogP contribution in [0.1, 0.15) is 29.9 Å². The minimum Gasteiger partial charge on any atom is -0.338 e. The highest BCUT2D eigenvalue weighted by Gasteiger charge is 2.32. The number of pyridine rings is 1. The number of hydrogen-bond donors (Lipinski definition) is 2. The summed E-state index contributed by atoms with van der Waals surface area (Å²) in [6, 6.07) is 7.20. The molecule has 1 atom stereocenters. The van der Waals surface area contributed by atoms with Crippen LogP contribution in [0, 0.1) is 17.8 Å². The molecule has 1 unspecified atom stereocenters. The van der Waals surface area contributed by atoms with Gasteiger partial charge in [0.2, 0.25) is 21.9 Å². The number of hydroxylamine groups is 1. The third kappa shape index (κ3) is 7.51. The van der Waals surface area contributed by atoms with E-state index in [0.29, 0.717) is 49.0 Å². The first-order valence-electron chi connectivity index (χ1n) is 12.1. The molecular weight excluding hydrogens is 508 g/mol. The first-order chi connectivity index (χ1) is 18.4. The highest BCUT2D eigenvalue weighted by Crippen LogP contribution is 2.18. The van der Waals surface area contributed by atoms with E-state index in [1.165, 1.54) is 4.31 Å². The van der Waals surface area contributed by atoms with Gasteiger partial charge in [-0.15, -0.1) is 0 Å². The Morgan fingerprint density at radius 3 is 2.34 bits per heavy atom. The summed E-state index contributed by atoms with van der Waals surface area (Å²) in [4.78, 5) is 35.3. The number of hydrogen-bond acceptors (Lipinski definition) is 10. The number of aryl methyl sites for hydroxylation is 1. The van der Waals surface area contributed by atoms with Gasteiger partial charge in [-0.2, -0.15) is 4.31 Å². The maximum Gasteiger partial charge on any atom is 0.247 e. The Morgan fingerprint density at radius 1 is 0.974 bits per heavy atom. The van der Waals surface area contributed by atoms with Crippen LogP contribution in [0.5, 0.6) is 0 Å². The lowest BCUT2D eigenvalue weighted by atomic mass is 10.0. The monoisotopic (exact) mass is 536 g/mol. The molecule has 3 aromatic heterocycles. The third-order valence-corrected chi connectivity index (χ3v) is 7.99. The van der Waals surface area contributed by atoms with Crippen LogP contribution in [0.2, 0.25) is 0 Å². The predicted octanol–water partition coefficient (Wildman–Crippen LogP) is 0.658. The van der Waals surface area contributed by atoms with Crippen LogP contribution < -0.4 is 10.4 Å². The summed E-state index contributed by atoms with van der Waals surface area (Å²) in [5.74, 6) is 5.02. The molecule has 1 amide bonds. The fourth-order valence-corrected chi connectivity index (χ4v) is 5.75. The Morgan fingerprint density at radius 2 is 1.68 bits per heavy atom. The topological polar surface area (TPSA) is 154 Å². The second-order valence-corrected chi connectivity index (χ2v) is 10.6. The van der Waals surface area contributed by atoms with E-state index in [4.69, 9.17) is 5.21 Å². The van der Waals surface area contributed by atoms with E-state index >= 15 is 0 Å². The van der Waals surface area contributed by atoms with Crippen molar-refractivity contribution in [1.29, 1.82) is 0 Å². The SMILES string of the molecule is O=C(NO)C(CCCc1ncccn1)CS(=O)(=O)N1CCN(c2ncc(C#Cc3ccccn3)cn2)CC1. The average Bonchev–Trinajstić information content (AvgIpc) is 2.96. The molecule has 12 nitrogen and oxygen atoms in total. The van der Waals surface area contributed by atoms with Gasteiger partial charge in [0.25, 0.3) is 0 Å². The number of rotatable bonds is 9. The standard InChI is InChI=1S/C25H28N8O4S/c34-24(31-35)21(5-3-7-23-27-11-4-12-28-23)19-38(36,37)33-15-13-32(14-16-33)25-29-17-20(18-30-25)8-9-22-6-1-2-10-26-22/h1-2,4,6,10-12,17-18,21,35H,3,5,7,13-16,19H2,(H,31,34). The minimum absolute atomic E-state index is 0.234. The molecule has 0 radical (unpaired) electrons. The van der Waals surface area contributed by atoms with Crippen molar-refractivity contribution in [3.63, 3.8) is 0 Å². The van der Waals surface area contributed by atoms with Crippen LogP contribution in [0.15, 0.2) is 55.2 Å². The van der Waals surface area contributed by atoms with Crippen molar-refractivity contribution in [1.82, 2.24) is 34.7 Å². The van der Waals surface area contributed by atoms with Crippen LogP contribution in [-0.2, 0) is 21.2 Å². The van der Waals surface area contributed by atoms with Gasteiger partial charge in [-0.1, -0.05) is 12.0 Å².